The Hall–Kier alpha value is -0.940. The van der Waals surface area contributed by atoms with Gasteiger partial charge in [-0.15, -0.1) is 12.4 Å². The minimum Gasteiger partial charge on any atom is -0.508 e. The maximum Gasteiger partial charge on any atom is 0.390 e. The molecule has 98 valence electrons. The van der Waals surface area contributed by atoms with Crippen molar-refractivity contribution in [2.24, 2.45) is 5.73 Å². The molecule has 0 saturated carbocycles. The number of alkyl halides is 3. The number of aryl methyl sites for hydroxylation is 2. The van der Waals surface area contributed by atoms with Crippen molar-refractivity contribution in [1.29, 1.82) is 0 Å². The summed E-state index contributed by atoms with van der Waals surface area (Å²) in [7, 11) is 0. The molecule has 2 nitrogen and oxygen atoms in total. The van der Waals surface area contributed by atoms with Crippen molar-refractivity contribution in [3.63, 3.8) is 0 Å². The van der Waals surface area contributed by atoms with Gasteiger partial charge in [-0.05, 0) is 42.7 Å². The highest BCUT2D eigenvalue weighted by molar-refractivity contribution is 5.85. The molecule has 1 aromatic rings. The second-order valence-corrected chi connectivity index (χ2v) is 3.92. The van der Waals surface area contributed by atoms with E-state index in [-0.39, 0.29) is 18.2 Å². The first kappa shape index (κ1) is 16.1. The van der Waals surface area contributed by atoms with Gasteiger partial charge in [0, 0.05) is 6.04 Å². The van der Waals surface area contributed by atoms with E-state index in [1.54, 1.807) is 13.8 Å². The van der Waals surface area contributed by atoms with E-state index in [1.165, 1.54) is 12.1 Å². The number of nitrogens with two attached hydrogens (primary N) is 1. The zero-order valence-electron chi connectivity index (χ0n) is 9.51. The molecule has 0 bridgehead atoms. The number of benzene rings is 1. The number of aromatic hydroxyl groups is 1. The quantitative estimate of drug-likeness (QED) is 0.864. The fraction of sp³-hybridized carbons (Fsp3) is 0.455. The summed E-state index contributed by atoms with van der Waals surface area (Å²) in [5.41, 5.74) is 7.14. The molecule has 0 aromatic heterocycles. The van der Waals surface area contributed by atoms with Crippen LogP contribution < -0.4 is 5.73 Å². The standard InChI is InChI=1S/C11H14F3NO.ClH/c1-6-3-8(16)4-7(2)10(6)9(15)5-11(12,13)14;/h3-4,9,16H,5,15H2,1-2H3;1H/t9-;/m1./s1. The van der Waals surface area contributed by atoms with Gasteiger partial charge in [0.2, 0.25) is 0 Å². The highest BCUT2D eigenvalue weighted by Crippen LogP contribution is 2.32. The summed E-state index contributed by atoms with van der Waals surface area (Å²) in [6, 6.07) is 1.75. The average molecular weight is 270 g/mol. The molecule has 0 amide bonds. The minimum atomic E-state index is -4.28. The van der Waals surface area contributed by atoms with Crippen LogP contribution in [0.25, 0.3) is 0 Å². The smallest absolute Gasteiger partial charge is 0.390 e. The van der Waals surface area contributed by atoms with Crippen LogP contribution in [-0.4, -0.2) is 11.3 Å². The van der Waals surface area contributed by atoms with Gasteiger partial charge in [0.05, 0.1) is 6.42 Å². The van der Waals surface area contributed by atoms with Crippen LogP contribution in [0.3, 0.4) is 0 Å². The van der Waals surface area contributed by atoms with Crippen molar-refractivity contribution in [3.8, 4) is 5.75 Å². The molecule has 0 heterocycles. The third kappa shape index (κ3) is 4.44. The van der Waals surface area contributed by atoms with Crippen molar-refractivity contribution >= 4 is 12.4 Å². The summed E-state index contributed by atoms with van der Waals surface area (Å²) < 4.78 is 36.6. The van der Waals surface area contributed by atoms with Crippen LogP contribution in [0.1, 0.15) is 29.2 Å². The average Bonchev–Trinajstić information content (AvgIpc) is 1.96. The number of phenols is 1. The molecule has 3 N–H and O–H groups in total. The maximum absolute atomic E-state index is 12.2. The van der Waals surface area contributed by atoms with Gasteiger partial charge in [-0.3, -0.25) is 0 Å². The van der Waals surface area contributed by atoms with Crippen LogP contribution in [-0.2, 0) is 0 Å². The van der Waals surface area contributed by atoms with E-state index in [2.05, 4.69) is 0 Å². The number of rotatable bonds is 2. The molecule has 0 radical (unpaired) electrons. The van der Waals surface area contributed by atoms with Crippen molar-refractivity contribution in [1.82, 2.24) is 0 Å². The molecular formula is C11H15ClF3NO. The van der Waals surface area contributed by atoms with Gasteiger partial charge >= 0.3 is 6.18 Å². The van der Waals surface area contributed by atoms with Crippen molar-refractivity contribution in [2.75, 3.05) is 0 Å². The Morgan fingerprint density at radius 1 is 1.24 bits per heavy atom. The maximum atomic E-state index is 12.2. The Labute approximate surface area is 104 Å². The first-order valence-electron chi connectivity index (χ1n) is 4.83. The zero-order chi connectivity index (χ0) is 12.5. The van der Waals surface area contributed by atoms with Crippen LogP contribution in [0.15, 0.2) is 12.1 Å². The molecule has 0 saturated heterocycles. The predicted molar refractivity (Wildman–Crippen MR) is 62.4 cm³/mol. The summed E-state index contributed by atoms with van der Waals surface area (Å²) in [5, 5.41) is 9.27. The van der Waals surface area contributed by atoms with Crippen molar-refractivity contribution in [3.05, 3.63) is 28.8 Å². The van der Waals surface area contributed by atoms with Gasteiger partial charge in [-0.1, -0.05) is 0 Å². The Balaban J connectivity index is 0.00000256. The number of hydrogen-bond donors (Lipinski definition) is 2. The van der Waals surface area contributed by atoms with E-state index in [9.17, 15) is 18.3 Å². The topological polar surface area (TPSA) is 46.2 Å². The van der Waals surface area contributed by atoms with E-state index < -0.39 is 18.6 Å². The normalized spacial score (nSPS) is 13.1. The van der Waals surface area contributed by atoms with Crippen LogP contribution in [0, 0.1) is 13.8 Å². The van der Waals surface area contributed by atoms with Gasteiger partial charge in [0.15, 0.2) is 0 Å². The molecule has 0 fully saturated rings. The molecule has 0 aliphatic rings. The molecule has 17 heavy (non-hydrogen) atoms. The Morgan fingerprint density at radius 2 is 1.65 bits per heavy atom. The fourth-order valence-corrected chi connectivity index (χ4v) is 1.89. The van der Waals surface area contributed by atoms with E-state index in [0.717, 1.165) is 0 Å². The number of phenolic OH excluding ortho intramolecular Hbond substituents is 1. The SMILES string of the molecule is Cc1cc(O)cc(C)c1[C@H](N)CC(F)(F)F.Cl. The van der Waals surface area contributed by atoms with Crippen molar-refractivity contribution < 1.29 is 18.3 Å². The number of halogens is 4. The fourth-order valence-electron chi connectivity index (χ4n) is 1.89. The monoisotopic (exact) mass is 269 g/mol. The molecule has 6 heteroatoms. The van der Waals surface area contributed by atoms with Crippen molar-refractivity contribution in [2.45, 2.75) is 32.5 Å². The molecule has 1 rings (SSSR count). The van der Waals surface area contributed by atoms with Gasteiger partial charge in [-0.25, -0.2) is 0 Å². The third-order valence-electron chi connectivity index (χ3n) is 2.40. The summed E-state index contributed by atoms with van der Waals surface area (Å²) in [6.07, 6.45) is -5.34. The Morgan fingerprint density at radius 3 is 2.00 bits per heavy atom. The molecule has 0 aliphatic heterocycles. The van der Waals surface area contributed by atoms with Gasteiger partial charge < -0.3 is 10.8 Å². The Kier molecular flexibility index (Phi) is 5.29. The second kappa shape index (κ2) is 5.60. The van der Waals surface area contributed by atoms with Gasteiger partial charge in [0.25, 0.3) is 0 Å². The lowest BCUT2D eigenvalue weighted by Gasteiger charge is -2.19. The molecule has 1 aromatic carbocycles. The second-order valence-electron chi connectivity index (χ2n) is 3.92. The summed E-state index contributed by atoms with van der Waals surface area (Å²) in [5.74, 6) is 0.0398. The lowest BCUT2D eigenvalue weighted by molar-refractivity contribution is -0.138. The van der Waals surface area contributed by atoms with Crippen LogP contribution >= 0.6 is 12.4 Å². The lowest BCUT2D eigenvalue weighted by atomic mass is 9.94. The summed E-state index contributed by atoms with van der Waals surface area (Å²) in [6.45, 7) is 3.27. The largest absolute Gasteiger partial charge is 0.508 e. The third-order valence-corrected chi connectivity index (χ3v) is 2.40. The zero-order valence-corrected chi connectivity index (χ0v) is 10.3. The summed E-state index contributed by atoms with van der Waals surface area (Å²) in [4.78, 5) is 0. The van der Waals surface area contributed by atoms with E-state index in [4.69, 9.17) is 5.73 Å². The molecular weight excluding hydrogens is 255 g/mol. The van der Waals surface area contributed by atoms with E-state index in [0.29, 0.717) is 16.7 Å². The van der Waals surface area contributed by atoms with Crippen LogP contribution in [0.4, 0.5) is 13.2 Å². The van der Waals surface area contributed by atoms with E-state index >= 15 is 0 Å². The molecule has 1 atom stereocenters. The first-order chi connectivity index (χ1) is 7.20. The number of hydrogen-bond acceptors (Lipinski definition) is 2. The molecule has 0 aliphatic carbocycles. The van der Waals surface area contributed by atoms with Gasteiger partial charge in [-0.2, -0.15) is 13.2 Å². The highest BCUT2D eigenvalue weighted by Gasteiger charge is 2.32. The Bertz CT molecular complexity index is 370. The van der Waals surface area contributed by atoms with Gasteiger partial charge in [0.1, 0.15) is 5.75 Å². The van der Waals surface area contributed by atoms with E-state index in [1.807, 2.05) is 0 Å². The van der Waals surface area contributed by atoms with Crippen LogP contribution in [0.2, 0.25) is 0 Å². The summed E-state index contributed by atoms with van der Waals surface area (Å²) >= 11 is 0. The lowest BCUT2D eigenvalue weighted by Crippen LogP contribution is -2.21. The first-order valence-corrected chi connectivity index (χ1v) is 4.83. The highest BCUT2D eigenvalue weighted by atomic mass is 35.5. The van der Waals surface area contributed by atoms with Crippen LogP contribution in [0.5, 0.6) is 5.75 Å². The minimum absolute atomic E-state index is 0. The molecule has 0 unspecified atom stereocenters. The molecule has 0 spiro atoms. The predicted octanol–water partition coefficient (Wildman–Crippen LogP) is 3.38.